The van der Waals surface area contributed by atoms with E-state index in [2.05, 4.69) is 52.6 Å². The molecule has 0 spiro atoms. The number of phenolic OH excluding ortho intramolecular Hbond substituents is 1. The van der Waals surface area contributed by atoms with E-state index in [0.29, 0.717) is 22.5 Å². The first-order chi connectivity index (χ1) is 13.5. The Morgan fingerprint density at radius 2 is 1.57 bits per heavy atom. The molecule has 0 aliphatic rings. The van der Waals surface area contributed by atoms with Crippen LogP contribution in [0.25, 0.3) is 0 Å². The van der Waals surface area contributed by atoms with Gasteiger partial charge < -0.3 is 5.11 Å². The molecule has 0 heterocycles. The number of amides is 1. The highest BCUT2D eigenvalue weighted by Gasteiger charge is 2.05. The summed E-state index contributed by atoms with van der Waals surface area (Å²) in [6.45, 7) is 0. The lowest BCUT2D eigenvalue weighted by atomic mass is 10.2. The van der Waals surface area contributed by atoms with E-state index in [1.54, 1.807) is 30.3 Å². The second-order valence-electron chi connectivity index (χ2n) is 5.63. The van der Waals surface area contributed by atoms with Crippen LogP contribution in [-0.4, -0.2) is 17.2 Å². The van der Waals surface area contributed by atoms with Gasteiger partial charge >= 0.3 is 0 Å². The number of benzene rings is 3. The molecule has 0 bridgehead atoms. The van der Waals surface area contributed by atoms with Crippen LogP contribution in [0.5, 0.6) is 5.75 Å². The van der Waals surface area contributed by atoms with Crippen LogP contribution in [0, 0.1) is 0 Å². The molecule has 6 nitrogen and oxygen atoms in total. The van der Waals surface area contributed by atoms with E-state index in [1.165, 1.54) is 12.3 Å². The number of hydrazone groups is 1. The number of nitrogens with one attached hydrogen (secondary N) is 1. The summed E-state index contributed by atoms with van der Waals surface area (Å²) in [5.74, 6) is -0.343. The summed E-state index contributed by atoms with van der Waals surface area (Å²) in [6, 6.07) is 19.1. The van der Waals surface area contributed by atoms with Gasteiger partial charge in [0.15, 0.2) is 0 Å². The van der Waals surface area contributed by atoms with Crippen LogP contribution in [0.4, 0.5) is 11.4 Å². The van der Waals surface area contributed by atoms with E-state index in [9.17, 15) is 9.90 Å². The zero-order chi connectivity index (χ0) is 19.9. The maximum atomic E-state index is 12.1. The van der Waals surface area contributed by atoms with Crippen molar-refractivity contribution in [2.75, 3.05) is 0 Å². The molecular weight excluding hydrogens is 488 g/mol. The normalized spacial score (nSPS) is 11.2. The minimum absolute atomic E-state index is 0.0156. The van der Waals surface area contributed by atoms with Gasteiger partial charge in [-0.3, -0.25) is 4.79 Å². The van der Waals surface area contributed by atoms with Crippen LogP contribution in [0.2, 0.25) is 0 Å². The fourth-order valence-corrected chi connectivity index (χ4v) is 3.00. The quantitative estimate of drug-likeness (QED) is 0.251. The van der Waals surface area contributed by atoms with E-state index < -0.39 is 0 Å². The number of carbonyl (C=O) groups is 1. The minimum atomic E-state index is -0.359. The number of carbonyl (C=O) groups excluding carboxylic acids is 1. The Bertz CT molecular complexity index is 1070. The van der Waals surface area contributed by atoms with Crippen LogP contribution in [-0.2, 0) is 0 Å². The molecule has 3 aromatic carbocycles. The van der Waals surface area contributed by atoms with Crippen molar-refractivity contribution < 1.29 is 9.90 Å². The highest BCUT2D eigenvalue weighted by molar-refractivity contribution is 9.10. The molecule has 0 aliphatic heterocycles. The average molecular weight is 502 g/mol. The fraction of sp³-hybridized carbons (Fsp3) is 0. The van der Waals surface area contributed by atoms with Gasteiger partial charge in [0.05, 0.1) is 17.6 Å². The predicted octanol–water partition coefficient (Wildman–Crippen LogP) is 6.10. The van der Waals surface area contributed by atoms with Crippen molar-refractivity contribution in [2.24, 2.45) is 15.3 Å². The Labute approximate surface area is 178 Å². The summed E-state index contributed by atoms with van der Waals surface area (Å²) < 4.78 is 1.70. The van der Waals surface area contributed by atoms with E-state index in [1.807, 2.05) is 30.3 Å². The molecule has 3 aromatic rings. The van der Waals surface area contributed by atoms with E-state index in [4.69, 9.17) is 0 Å². The van der Waals surface area contributed by atoms with Crippen molar-refractivity contribution in [3.05, 3.63) is 86.8 Å². The first kappa shape index (κ1) is 19.9. The summed E-state index contributed by atoms with van der Waals surface area (Å²) in [4.78, 5) is 12.1. The zero-order valence-electron chi connectivity index (χ0n) is 14.4. The monoisotopic (exact) mass is 500 g/mol. The van der Waals surface area contributed by atoms with Crippen molar-refractivity contribution in [3.8, 4) is 5.75 Å². The molecule has 140 valence electrons. The molecule has 3 rings (SSSR count). The van der Waals surface area contributed by atoms with Gasteiger partial charge in [-0.25, -0.2) is 5.43 Å². The van der Waals surface area contributed by atoms with Crippen molar-refractivity contribution in [1.82, 2.24) is 5.43 Å². The maximum absolute atomic E-state index is 12.1. The number of nitrogens with zero attached hydrogens (tertiary/aromatic N) is 3. The van der Waals surface area contributed by atoms with Crippen LogP contribution in [0.3, 0.4) is 0 Å². The topological polar surface area (TPSA) is 86.4 Å². The Morgan fingerprint density at radius 3 is 2.29 bits per heavy atom. The highest BCUT2D eigenvalue weighted by atomic mass is 79.9. The minimum Gasteiger partial charge on any atom is -0.507 e. The molecule has 0 saturated carbocycles. The number of hydrogen-bond acceptors (Lipinski definition) is 5. The summed E-state index contributed by atoms with van der Waals surface area (Å²) >= 11 is 6.70. The van der Waals surface area contributed by atoms with Crippen molar-refractivity contribution in [3.63, 3.8) is 0 Å². The van der Waals surface area contributed by atoms with Crippen LogP contribution >= 0.6 is 31.9 Å². The molecule has 28 heavy (non-hydrogen) atoms. The van der Waals surface area contributed by atoms with Gasteiger partial charge in [-0.1, -0.05) is 44.0 Å². The lowest BCUT2D eigenvalue weighted by Crippen LogP contribution is -2.17. The van der Waals surface area contributed by atoms with E-state index in [-0.39, 0.29) is 11.7 Å². The molecule has 8 heteroatoms. The van der Waals surface area contributed by atoms with Gasteiger partial charge in [0.25, 0.3) is 5.91 Å². The Morgan fingerprint density at radius 1 is 0.893 bits per heavy atom. The van der Waals surface area contributed by atoms with Crippen molar-refractivity contribution in [2.45, 2.75) is 0 Å². The highest BCUT2D eigenvalue weighted by Crippen LogP contribution is 2.25. The third-order valence-electron chi connectivity index (χ3n) is 3.56. The lowest BCUT2D eigenvalue weighted by molar-refractivity contribution is 0.0955. The number of rotatable bonds is 5. The van der Waals surface area contributed by atoms with Gasteiger partial charge in [-0.2, -0.15) is 15.3 Å². The Kier molecular flexibility index (Phi) is 6.67. The zero-order valence-corrected chi connectivity index (χ0v) is 17.6. The first-order valence-electron chi connectivity index (χ1n) is 8.10. The molecule has 0 atom stereocenters. The summed E-state index contributed by atoms with van der Waals surface area (Å²) in [5.41, 5.74) is 4.53. The van der Waals surface area contributed by atoms with Gasteiger partial charge in [0, 0.05) is 20.1 Å². The number of hydrogen-bond donors (Lipinski definition) is 2. The van der Waals surface area contributed by atoms with Crippen molar-refractivity contribution in [1.29, 1.82) is 0 Å². The molecular formula is C20H14Br2N4O2. The SMILES string of the molecule is O=C(N/N=C\c1cc(N=Nc2cccc(Br)c2)ccc1O)c1cccc(Br)c1. The van der Waals surface area contributed by atoms with Crippen molar-refractivity contribution >= 4 is 55.4 Å². The van der Waals surface area contributed by atoms with Crippen LogP contribution < -0.4 is 5.43 Å². The predicted molar refractivity (Wildman–Crippen MR) is 116 cm³/mol. The summed E-state index contributed by atoms with van der Waals surface area (Å²) in [7, 11) is 0. The second kappa shape index (κ2) is 9.38. The summed E-state index contributed by atoms with van der Waals surface area (Å²) in [6.07, 6.45) is 1.35. The van der Waals surface area contributed by atoms with Gasteiger partial charge in [0.1, 0.15) is 5.75 Å². The molecule has 0 unspecified atom stereocenters. The van der Waals surface area contributed by atoms with Crippen LogP contribution in [0.1, 0.15) is 15.9 Å². The third-order valence-corrected chi connectivity index (χ3v) is 4.54. The smallest absolute Gasteiger partial charge is 0.271 e. The molecule has 2 N–H and O–H groups in total. The van der Waals surface area contributed by atoms with Gasteiger partial charge in [-0.15, -0.1) is 0 Å². The average Bonchev–Trinajstić information content (AvgIpc) is 2.68. The molecule has 0 saturated heterocycles. The molecule has 1 amide bonds. The second-order valence-corrected chi connectivity index (χ2v) is 7.46. The molecule has 0 aliphatic carbocycles. The number of aromatic hydroxyl groups is 1. The van der Waals surface area contributed by atoms with Crippen LogP contribution in [0.15, 0.2) is 91.0 Å². The molecule has 0 aromatic heterocycles. The maximum Gasteiger partial charge on any atom is 0.271 e. The lowest BCUT2D eigenvalue weighted by Gasteiger charge is -2.02. The Hall–Kier alpha value is -2.84. The largest absolute Gasteiger partial charge is 0.507 e. The van der Waals surface area contributed by atoms with Gasteiger partial charge in [0.2, 0.25) is 0 Å². The number of halogens is 2. The third kappa shape index (κ3) is 5.58. The van der Waals surface area contributed by atoms with Gasteiger partial charge in [-0.05, 0) is 54.6 Å². The molecule has 0 fully saturated rings. The number of azo groups is 1. The fourth-order valence-electron chi connectivity index (χ4n) is 2.22. The van der Waals surface area contributed by atoms with E-state index in [0.717, 1.165) is 8.95 Å². The standard InChI is InChI=1S/C20H14Br2N4O2/c21-15-4-1-3-13(9-15)20(28)26-23-12-14-10-18(7-8-19(14)27)25-24-17-6-2-5-16(22)11-17/h1-12,27H,(H,26,28)/b23-12-,25-24?. The Balaban J connectivity index is 1.71. The van der Waals surface area contributed by atoms with E-state index >= 15 is 0 Å². The molecule has 0 radical (unpaired) electrons. The first-order valence-corrected chi connectivity index (χ1v) is 9.69. The summed E-state index contributed by atoms with van der Waals surface area (Å²) in [5, 5.41) is 22.2. The number of phenols is 1.